The van der Waals surface area contributed by atoms with Crippen LogP contribution in [0.1, 0.15) is 36.6 Å². The van der Waals surface area contributed by atoms with E-state index in [-0.39, 0.29) is 11.9 Å². The lowest BCUT2D eigenvalue weighted by Crippen LogP contribution is -2.71. The number of aryl methyl sites for hydroxylation is 2. The number of hydrogen-bond acceptors (Lipinski definition) is 3. The predicted octanol–water partition coefficient (Wildman–Crippen LogP) is 4.68. The Morgan fingerprint density at radius 3 is 2.76 bits per heavy atom. The van der Waals surface area contributed by atoms with Gasteiger partial charge < -0.3 is 20.3 Å². The molecule has 0 saturated carbocycles. The van der Waals surface area contributed by atoms with Crippen LogP contribution in [-0.2, 0) is 4.79 Å². The lowest BCUT2D eigenvalue weighted by molar-refractivity contribution is -0.148. The van der Waals surface area contributed by atoms with E-state index in [1.165, 1.54) is 0 Å². The van der Waals surface area contributed by atoms with E-state index in [4.69, 9.17) is 17.0 Å². The van der Waals surface area contributed by atoms with E-state index in [9.17, 15) is 4.79 Å². The van der Waals surface area contributed by atoms with Gasteiger partial charge in [0.25, 0.3) is 0 Å². The summed E-state index contributed by atoms with van der Waals surface area (Å²) in [5.41, 5.74) is 3.05. The Kier molecular flexibility index (Phi) is 5.07. The van der Waals surface area contributed by atoms with Gasteiger partial charge in [-0.15, -0.1) is 0 Å². The molecule has 29 heavy (non-hydrogen) atoms. The van der Waals surface area contributed by atoms with Crippen LogP contribution in [0.2, 0.25) is 0 Å². The molecule has 0 spiro atoms. The molecule has 2 aromatic carbocycles. The summed E-state index contributed by atoms with van der Waals surface area (Å²) in [5, 5.41) is 7.12. The van der Waals surface area contributed by atoms with E-state index in [1.807, 2.05) is 62.9 Å². The van der Waals surface area contributed by atoms with Crippen LogP contribution in [0.15, 0.2) is 40.9 Å². The maximum Gasteiger partial charge on any atom is 0.236 e. The summed E-state index contributed by atoms with van der Waals surface area (Å²) >= 11 is 9.14. The van der Waals surface area contributed by atoms with E-state index in [0.29, 0.717) is 11.7 Å². The quantitative estimate of drug-likeness (QED) is 0.633. The van der Waals surface area contributed by atoms with Gasteiger partial charge in [-0.05, 0) is 69.7 Å². The average Bonchev–Trinajstić information content (AvgIpc) is 2.64. The van der Waals surface area contributed by atoms with Crippen LogP contribution in [0, 0.1) is 19.8 Å². The summed E-state index contributed by atoms with van der Waals surface area (Å²) < 4.78 is 7.39. The highest BCUT2D eigenvalue weighted by Gasteiger charge is 2.58. The third kappa shape index (κ3) is 3.30. The first-order chi connectivity index (χ1) is 13.7. The fraction of sp³-hybridized carbons (Fsp3) is 0.364. The standard InChI is InChI=1S/C22H24BrN3O2S/c1-5-26-21(29)25-19-15-11-14(23)7-9-17(15)28-22(26,4)18(19)20(27)24-16-8-6-12(2)10-13(16)3/h6-11,18-19H,5H2,1-4H3,(H,24,27)(H,25,29)/t18-,19-,22-/m0/s1. The van der Waals surface area contributed by atoms with Crippen LogP contribution < -0.4 is 15.4 Å². The van der Waals surface area contributed by atoms with Crippen molar-refractivity contribution in [3.63, 3.8) is 0 Å². The van der Waals surface area contributed by atoms with E-state index in [2.05, 4.69) is 32.6 Å². The molecule has 2 aromatic rings. The number of benzene rings is 2. The smallest absolute Gasteiger partial charge is 0.236 e. The molecule has 1 amide bonds. The molecule has 2 bridgehead atoms. The minimum atomic E-state index is -0.884. The number of thiocarbonyl (C=S) groups is 1. The van der Waals surface area contributed by atoms with Crippen LogP contribution in [0.3, 0.4) is 0 Å². The Labute approximate surface area is 184 Å². The second kappa shape index (κ2) is 7.29. The first kappa shape index (κ1) is 20.2. The van der Waals surface area contributed by atoms with Gasteiger partial charge in [0, 0.05) is 22.3 Å². The zero-order chi connectivity index (χ0) is 20.9. The van der Waals surface area contributed by atoms with Crippen molar-refractivity contribution in [2.75, 3.05) is 11.9 Å². The van der Waals surface area contributed by atoms with Crippen LogP contribution in [0.4, 0.5) is 5.69 Å². The van der Waals surface area contributed by atoms with Gasteiger partial charge in [-0.25, -0.2) is 0 Å². The van der Waals surface area contributed by atoms with Gasteiger partial charge in [0.2, 0.25) is 5.91 Å². The molecule has 3 atom stereocenters. The van der Waals surface area contributed by atoms with Crippen LogP contribution in [-0.4, -0.2) is 28.2 Å². The van der Waals surface area contributed by atoms with Crippen LogP contribution >= 0.6 is 28.1 Å². The van der Waals surface area contributed by atoms with E-state index in [1.54, 1.807) is 0 Å². The minimum Gasteiger partial charge on any atom is -0.467 e. The minimum absolute atomic E-state index is 0.0940. The van der Waals surface area contributed by atoms with Crippen molar-refractivity contribution in [1.82, 2.24) is 10.2 Å². The fourth-order valence-electron chi connectivity index (χ4n) is 4.44. The molecule has 5 nitrogen and oxygen atoms in total. The van der Waals surface area contributed by atoms with Gasteiger partial charge in [0.05, 0.1) is 6.04 Å². The number of fused-ring (bicyclic) bond motifs is 4. The monoisotopic (exact) mass is 473 g/mol. The molecule has 7 heteroatoms. The topological polar surface area (TPSA) is 53.6 Å². The highest BCUT2D eigenvalue weighted by atomic mass is 79.9. The predicted molar refractivity (Wildman–Crippen MR) is 122 cm³/mol. The van der Waals surface area contributed by atoms with E-state index in [0.717, 1.165) is 32.6 Å². The van der Waals surface area contributed by atoms with Crippen molar-refractivity contribution in [3.05, 3.63) is 57.6 Å². The van der Waals surface area contributed by atoms with Crippen molar-refractivity contribution in [2.24, 2.45) is 5.92 Å². The number of halogens is 1. The molecule has 2 heterocycles. The number of rotatable bonds is 3. The first-order valence-electron chi connectivity index (χ1n) is 9.69. The highest BCUT2D eigenvalue weighted by molar-refractivity contribution is 9.10. The second-order valence-corrected chi connectivity index (χ2v) is 9.10. The molecule has 0 radical (unpaired) electrons. The molecule has 1 saturated heterocycles. The first-order valence-corrected chi connectivity index (χ1v) is 10.9. The molecular weight excluding hydrogens is 450 g/mol. The molecular formula is C22H24BrN3O2S. The van der Waals surface area contributed by atoms with Crippen molar-refractivity contribution in [3.8, 4) is 5.75 Å². The van der Waals surface area contributed by atoms with Crippen LogP contribution in [0.25, 0.3) is 0 Å². The van der Waals surface area contributed by atoms with E-state index >= 15 is 0 Å². The maximum absolute atomic E-state index is 13.6. The van der Waals surface area contributed by atoms with E-state index < -0.39 is 11.6 Å². The number of ether oxygens (including phenoxy) is 1. The van der Waals surface area contributed by atoms with Gasteiger partial charge in [0.1, 0.15) is 11.7 Å². The van der Waals surface area contributed by atoms with Crippen LogP contribution in [0.5, 0.6) is 5.75 Å². The summed E-state index contributed by atoms with van der Waals surface area (Å²) in [5.74, 6) is 0.185. The van der Waals surface area contributed by atoms with Crippen molar-refractivity contribution in [2.45, 2.75) is 39.5 Å². The zero-order valence-corrected chi connectivity index (χ0v) is 19.3. The number of nitrogens with one attached hydrogen (secondary N) is 2. The van der Waals surface area contributed by atoms with Gasteiger partial charge >= 0.3 is 0 Å². The molecule has 2 N–H and O–H groups in total. The normalized spacial score (nSPS) is 25.0. The molecule has 0 aliphatic carbocycles. The fourth-order valence-corrected chi connectivity index (χ4v) is 5.26. The summed E-state index contributed by atoms with van der Waals surface area (Å²) in [7, 11) is 0. The SMILES string of the molecule is CCN1C(=S)N[C@H]2c3cc(Br)ccc3O[C@@]1(C)[C@@H]2C(=O)Nc1ccc(C)cc1C. The third-order valence-electron chi connectivity index (χ3n) is 5.83. The summed E-state index contributed by atoms with van der Waals surface area (Å²) in [4.78, 5) is 15.5. The van der Waals surface area contributed by atoms with Gasteiger partial charge in [0.15, 0.2) is 10.8 Å². The largest absolute Gasteiger partial charge is 0.467 e. The molecule has 0 aromatic heterocycles. The number of carbonyl (C=O) groups excluding carboxylic acids is 1. The lowest BCUT2D eigenvalue weighted by atomic mass is 9.79. The molecule has 152 valence electrons. The zero-order valence-electron chi connectivity index (χ0n) is 16.9. The summed E-state index contributed by atoms with van der Waals surface area (Å²) in [6, 6.07) is 11.6. The van der Waals surface area contributed by atoms with Gasteiger partial charge in [-0.1, -0.05) is 33.6 Å². The van der Waals surface area contributed by atoms with Crippen molar-refractivity contribution < 1.29 is 9.53 Å². The lowest BCUT2D eigenvalue weighted by Gasteiger charge is -2.56. The molecule has 2 aliphatic rings. The Morgan fingerprint density at radius 2 is 2.07 bits per heavy atom. The highest BCUT2D eigenvalue weighted by Crippen LogP contribution is 2.49. The Balaban J connectivity index is 1.78. The van der Waals surface area contributed by atoms with Crippen molar-refractivity contribution >= 4 is 44.9 Å². The second-order valence-electron chi connectivity index (χ2n) is 7.80. The number of hydrogen-bond donors (Lipinski definition) is 2. The third-order valence-corrected chi connectivity index (χ3v) is 6.66. The maximum atomic E-state index is 13.6. The Bertz CT molecular complexity index is 1010. The average molecular weight is 474 g/mol. The summed E-state index contributed by atoms with van der Waals surface area (Å²) in [6.45, 7) is 8.64. The molecule has 2 aliphatic heterocycles. The van der Waals surface area contributed by atoms with Gasteiger partial charge in [-0.2, -0.15) is 0 Å². The molecule has 4 rings (SSSR count). The van der Waals surface area contributed by atoms with Gasteiger partial charge in [-0.3, -0.25) is 4.79 Å². The molecule has 0 unspecified atom stereocenters. The summed E-state index contributed by atoms with van der Waals surface area (Å²) in [6.07, 6.45) is 0. The Hall–Kier alpha value is -2.12. The molecule has 1 fully saturated rings. The van der Waals surface area contributed by atoms with Crippen molar-refractivity contribution in [1.29, 1.82) is 0 Å². The number of amides is 1. The Morgan fingerprint density at radius 1 is 1.31 bits per heavy atom. The number of anilines is 1. The number of nitrogens with zero attached hydrogens (tertiary/aromatic N) is 1. The number of carbonyl (C=O) groups is 1.